The van der Waals surface area contributed by atoms with E-state index in [1.54, 1.807) is 0 Å². The minimum atomic E-state index is 0.0363. The zero-order valence-electron chi connectivity index (χ0n) is 20.1. The van der Waals surface area contributed by atoms with Crippen molar-refractivity contribution in [3.8, 4) is 5.75 Å². The highest BCUT2D eigenvalue weighted by Gasteiger charge is 2.10. The number of aryl methyl sites for hydroxylation is 4. The van der Waals surface area contributed by atoms with Gasteiger partial charge in [0.1, 0.15) is 17.9 Å². The Morgan fingerprint density at radius 3 is 2.63 bits per heavy atom. The molecule has 0 bridgehead atoms. The van der Waals surface area contributed by atoms with Crippen molar-refractivity contribution in [3.63, 3.8) is 0 Å². The summed E-state index contributed by atoms with van der Waals surface area (Å²) in [5.41, 5.74) is 14.6. The minimum absolute atomic E-state index is 0.0363. The van der Waals surface area contributed by atoms with Crippen LogP contribution in [0.4, 0.5) is 5.82 Å². The Balaban J connectivity index is 1.30. The second kappa shape index (κ2) is 9.76. The fourth-order valence-corrected chi connectivity index (χ4v) is 4.50. The number of pyridine rings is 2. The molecule has 2 heterocycles. The zero-order chi connectivity index (χ0) is 24.4. The molecule has 0 aliphatic rings. The lowest BCUT2D eigenvalue weighted by Gasteiger charge is -2.12. The van der Waals surface area contributed by atoms with Gasteiger partial charge in [-0.2, -0.15) is 0 Å². The third-order valence-corrected chi connectivity index (χ3v) is 6.45. The Morgan fingerprint density at radius 2 is 1.80 bits per heavy atom. The first-order chi connectivity index (χ1) is 17.0. The van der Waals surface area contributed by atoms with Crippen LogP contribution < -0.4 is 15.9 Å². The topological polar surface area (TPSA) is 81.3 Å². The molecule has 174 valence electrons. The number of anilines is 1. The van der Waals surface area contributed by atoms with Crippen molar-refractivity contribution in [2.24, 2.45) is 0 Å². The molecule has 0 amide bonds. The van der Waals surface area contributed by atoms with E-state index in [-0.39, 0.29) is 7.48 Å². The Bertz CT molecular complexity index is 1530. The van der Waals surface area contributed by atoms with Crippen molar-refractivity contribution in [2.75, 3.05) is 5.73 Å². The first-order valence-corrected chi connectivity index (χ1v) is 11.9. The van der Waals surface area contributed by atoms with Crippen LogP contribution in [0.5, 0.6) is 5.75 Å². The number of nitrogens with two attached hydrogens (primary N) is 1. The molecule has 0 fully saturated rings. The predicted octanol–water partition coefficient (Wildman–Crippen LogP) is 4.32. The molecule has 5 nitrogen and oxygen atoms in total. The van der Waals surface area contributed by atoms with E-state index in [2.05, 4.69) is 60.2 Å². The number of nitrogens with zero attached hydrogens (tertiary/aromatic N) is 2. The lowest BCUT2D eigenvalue weighted by molar-refractivity contribution is 0.306. The number of fused-ring (bicyclic) bond motifs is 3. The van der Waals surface area contributed by atoms with Gasteiger partial charge >= 0.3 is 7.48 Å². The van der Waals surface area contributed by atoms with Crippen LogP contribution in [0.25, 0.3) is 21.8 Å². The summed E-state index contributed by atoms with van der Waals surface area (Å²) in [6.07, 6.45) is 3.71. The molecule has 0 unspecified atom stereocenters. The molecule has 3 N–H and O–H groups in total. The van der Waals surface area contributed by atoms with Crippen LogP contribution in [0.2, 0.25) is 0 Å². The minimum Gasteiger partial charge on any atom is -0.489 e. The summed E-state index contributed by atoms with van der Waals surface area (Å²) < 4.78 is 5.99. The van der Waals surface area contributed by atoms with E-state index >= 15 is 0 Å². The van der Waals surface area contributed by atoms with Crippen molar-refractivity contribution in [1.82, 2.24) is 9.97 Å². The fraction of sp³-hybridized carbons (Fsp3) is 0.172. The Hall–Kier alpha value is -3.90. The molecule has 0 spiro atoms. The van der Waals surface area contributed by atoms with E-state index in [4.69, 9.17) is 10.5 Å². The number of hydrogen-bond donors (Lipinski definition) is 2. The van der Waals surface area contributed by atoms with E-state index in [1.165, 1.54) is 16.7 Å². The molecule has 0 aliphatic carbocycles. The van der Waals surface area contributed by atoms with Gasteiger partial charge in [-0.3, -0.25) is 4.98 Å². The highest BCUT2D eigenvalue weighted by Crippen LogP contribution is 2.28. The highest BCUT2D eigenvalue weighted by atomic mass is 16.5. The SMILES string of the molecule is Cc1ccc2c(c1)nc(N)c1ncc(CCc3ccc(OCc4cccc(BO)c4)cc3C)cc12. The first-order valence-electron chi connectivity index (χ1n) is 11.9. The third kappa shape index (κ3) is 4.98. The average molecular weight is 461 g/mol. The van der Waals surface area contributed by atoms with Crippen molar-refractivity contribution in [2.45, 2.75) is 33.3 Å². The van der Waals surface area contributed by atoms with Crippen molar-refractivity contribution < 1.29 is 9.76 Å². The second-order valence-electron chi connectivity index (χ2n) is 9.11. The van der Waals surface area contributed by atoms with Crippen LogP contribution >= 0.6 is 0 Å². The number of nitrogen functional groups attached to an aromatic ring is 1. The van der Waals surface area contributed by atoms with E-state index in [0.29, 0.717) is 12.4 Å². The molecule has 5 rings (SSSR count). The lowest BCUT2D eigenvalue weighted by atomic mass is 9.88. The summed E-state index contributed by atoms with van der Waals surface area (Å²) in [6, 6.07) is 22.5. The maximum Gasteiger partial charge on any atom is 0.304 e. The standard InChI is InChI=1S/C29H28BN3O2/c1-18-6-11-25-26-15-20(16-32-28(26)29(31)33-27(25)12-18)7-8-22-9-10-24(13-19(22)2)35-17-21-4-3-5-23(14-21)30-34/h3-6,9-16,30,34H,7-8,17H2,1-2H3,(H2,31,33). The van der Waals surface area contributed by atoms with Crippen LogP contribution in [-0.4, -0.2) is 22.5 Å². The van der Waals surface area contributed by atoms with E-state index in [0.717, 1.165) is 57.0 Å². The Kier molecular flexibility index (Phi) is 6.38. The van der Waals surface area contributed by atoms with Crippen LogP contribution in [0.1, 0.15) is 27.8 Å². The normalized spacial score (nSPS) is 11.2. The van der Waals surface area contributed by atoms with Gasteiger partial charge in [-0.25, -0.2) is 4.98 Å². The van der Waals surface area contributed by atoms with Gasteiger partial charge in [-0.05, 0) is 78.8 Å². The number of ether oxygens (including phenoxy) is 1. The Labute approximate surface area is 205 Å². The van der Waals surface area contributed by atoms with Crippen molar-refractivity contribution in [1.29, 1.82) is 0 Å². The zero-order valence-corrected chi connectivity index (χ0v) is 20.1. The molecule has 3 aromatic carbocycles. The highest BCUT2D eigenvalue weighted by molar-refractivity contribution is 6.45. The van der Waals surface area contributed by atoms with Gasteiger partial charge in [0, 0.05) is 17.0 Å². The predicted molar refractivity (Wildman–Crippen MR) is 145 cm³/mol. The van der Waals surface area contributed by atoms with Crippen LogP contribution in [0.3, 0.4) is 0 Å². The summed E-state index contributed by atoms with van der Waals surface area (Å²) in [5.74, 6) is 1.32. The molecule has 0 atom stereocenters. The van der Waals surface area contributed by atoms with Crippen LogP contribution in [0.15, 0.2) is 72.9 Å². The van der Waals surface area contributed by atoms with Crippen LogP contribution in [-0.2, 0) is 19.4 Å². The molecule has 5 aromatic rings. The van der Waals surface area contributed by atoms with Crippen molar-refractivity contribution in [3.05, 3.63) is 101 Å². The molecule has 6 heteroatoms. The maximum absolute atomic E-state index is 9.31. The van der Waals surface area contributed by atoms with Crippen molar-refractivity contribution >= 4 is 40.6 Å². The molecule has 2 aromatic heterocycles. The van der Waals surface area contributed by atoms with E-state index in [9.17, 15) is 5.02 Å². The number of rotatable bonds is 7. The third-order valence-electron chi connectivity index (χ3n) is 6.45. The summed E-state index contributed by atoms with van der Waals surface area (Å²) in [5, 5.41) is 11.4. The van der Waals surface area contributed by atoms with E-state index in [1.807, 2.05) is 36.5 Å². The number of hydrogen-bond acceptors (Lipinski definition) is 5. The summed E-state index contributed by atoms with van der Waals surface area (Å²) >= 11 is 0. The van der Waals surface area contributed by atoms with Gasteiger partial charge in [0.05, 0.1) is 5.52 Å². The molecule has 0 radical (unpaired) electrons. The largest absolute Gasteiger partial charge is 0.489 e. The fourth-order valence-electron chi connectivity index (χ4n) is 4.50. The lowest BCUT2D eigenvalue weighted by Crippen LogP contribution is -2.14. The molecule has 0 aliphatic heterocycles. The van der Waals surface area contributed by atoms with Gasteiger partial charge in [0.25, 0.3) is 0 Å². The molecular formula is C29H28BN3O2. The number of benzene rings is 3. The molecule has 0 saturated carbocycles. The maximum atomic E-state index is 9.31. The molecule has 0 saturated heterocycles. The van der Waals surface area contributed by atoms with Gasteiger partial charge in [0.2, 0.25) is 0 Å². The summed E-state index contributed by atoms with van der Waals surface area (Å²) in [4.78, 5) is 9.19. The summed E-state index contributed by atoms with van der Waals surface area (Å²) in [6.45, 7) is 4.65. The quantitative estimate of drug-likeness (QED) is 0.279. The van der Waals surface area contributed by atoms with E-state index < -0.39 is 0 Å². The molecule has 35 heavy (non-hydrogen) atoms. The summed E-state index contributed by atoms with van der Waals surface area (Å²) in [7, 11) is 0.0363. The van der Waals surface area contributed by atoms with Gasteiger partial charge in [-0.15, -0.1) is 0 Å². The Morgan fingerprint density at radius 1 is 0.914 bits per heavy atom. The van der Waals surface area contributed by atoms with Crippen LogP contribution in [0, 0.1) is 13.8 Å². The number of aromatic nitrogens is 2. The first kappa shape index (κ1) is 22.9. The van der Waals surface area contributed by atoms with Gasteiger partial charge in [-0.1, -0.05) is 47.9 Å². The smallest absolute Gasteiger partial charge is 0.304 e. The molecular weight excluding hydrogens is 433 g/mol. The monoisotopic (exact) mass is 461 g/mol. The van der Waals surface area contributed by atoms with Gasteiger partial charge < -0.3 is 15.5 Å². The van der Waals surface area contributed by atoms with Gasteiger partial charge in [0.15, 0.2) is 5.82 Å². The average Bonchev–Trinajstić information content (AvgIpc) is 2.87. The second-order valence-corrected chi connectivity index (χ2v) is 9.11.